The maximum absolute atomic E-state index is 12.1. The lowest BCUT2D eigenvalue weighted by atomic mass is 9.84. The summed E-state index contributed by atoms with van der Waals surface area (Å²) in [5.74, 6) is 1.25. The third kappa shape index (κ3) is 3.68. The molecule has 2 rings (SSSR count). The van der Waals surface area contributed by atoms with Gasteiger partial charge in [-0.3, -0.25) is 4.79 Å². The van der Waals surface area contributed by atoms with Crippen molar-refractivity contribution in [2.75, 3.05) is 13.7 Å². The van der Waals surface area contributed by atoms with Crippen LogP contribution in [0.5, 0.6) is 5.75 Å². The van der Waals surface area contributed by atoms with E-state index in [1.807, 2.05) is 24.3 Å². The first-order valence-corrected chi connectivity index (χ1v) is 7.16. The molecule has 0 spiro atoms. The minimum atomic E-state index is -0.192. The molecule has 1 heterocycles. The molecule has 5 heteroatoms. The molecule has 0 bridgehead atoms. The van der Waals surface area contributed by atoms with Gasteiger partial charge in [0.25, 0.3) is 5.91 Å². The van der Waals surface area contributed by atoms with Crippen LogP contribution in [0.4, 0.5) is 0 Å². The van der Waals surface area contributed by atoms with Crippen LogP contribution in [0.25, 0.3) is 0 Å². The second-order valence-corrected chi connectivity index (χ2v) is 5.80. The molecular weight excluding hydrogens is 280 g/mol. The van der Waals surface area contributed by atoms with Crippen LogP contribution in [0.15, 0.2) is 41.0 Å². The summed E-state index contributed by atoms with van der Waals surface area (Å²) in [5.41, 5.74) is 6.90. The lowest BCUT2D eigenvalue weighted by Crippen LogP contribution is -2.36. The van der Waals surface area contributed by atoms with Crippen molar-refractivity contribution in [1.82, 2.24) is 5.32 Å². The number of hydrogen-bond acceptors (Lipinski definition) is 4. The van der Waals surface area contributed by atoms with Gasteiger partial charge in [0.15, 0.2) is 0 Å². The molecule has 0 fully saturated rings. The lowest BCUT2D eigenvalue weighted by molar-refractivity contribution is 0.0945. The van der Waals surface area contributed by atoms with E-state index < -0.39 is 0 Å². The van der Waals surface area contributed by atoms with Crippen LogP contribution in [0, 0.1) is 0 Å². The van der Waals surface area contributed by atoms with Gasteiger partial charge in [-0.2, -0.15) is 0 Å². The summed E-state index contributed by atoms with van der Waals surface area (Å²) >= 11 is 0. The molecule has 1 aromatic heterocycles. The van der Waals surface area contributed by atoms with E-state index in [0.717, 1.165) is 11.3 Å². The van der Waals surface area contributed by atoms with Gasteiger partial charge in [-0.15, -0.1) is 0 Å². The molecule has 0 aliphatic rings. The molecule has 2 aromatic rings. The number of carbonyl (C=O) groups is 1. The van der Waals surface area contributed by atoms with E-state index in [1.54, 1.807) is 13.2 Å². The summed E-state index contributed by atoms with van der Waals surface area (Å²) in [4.78, 5) is 12.1. The van der Waals surface area contributed by atoms with Crippen LogP contribution < -0.4 is 15.8 Å². The number of benzene rings is 1. The maximum Gasteiger partial charge on any atom is 0.254 e. The van der Waals surface area contributed by atoms with Crippen molar-refractivity contribution in [3.8, 4) is 5.75 Å². The summed E-state index contributed by atoms with van der Waals surface area (Å²) in [6.07, 6.45) is 1.43. The average Bonchev–Trinajstić information content (AvgIpc) is 3.02. The SMILES string of the molecule is COc1ccc(C(C)(C)CNC(=O)c2coc(CN)c2)cc1. The molecule has 1 aromatic carbocycles. The highest BCUT2D eigenvalue weighted by molar-refractivity contribution is 5.94. The highest BCUT2D eigenvalue weighted by Crippen LogP contribution is 2.24. The Morgan fingerprint density at radius 3 is 2.55 bits per heavy atom. The van der Waals surface area contributed by atoms with E-state index in [2.05, 4.69) is 19.2 Å². The van der Waals surface area contributed by atoms with Crippen LogP contribution >= 0.6 is 0 Å². The number of rotatable bonds is 6. The van der Waals surface area contributed by atoms with Crippen molar-refractivity contribution >= 4 is 5.91 Å². The van der Waals surface area contributed by atoms with Gasteiger partial charge in [0.1, 0.15) is 17.8 Å². The van der Waals surface area contributed by atoms with E-state index in [0.29, 0.717) is 17.9 Å². The summed E-state index contributed by atoms with van der Waals surface area (Å²) < 4.78 is 10.3. The topological polar surface area (TPSA) is 77.5 Å². The van der Waals surface area contributed by atoms with Crippen LogP contribution in [-0.4, -0.2) is 19.6 Å². The average molecular weight is 302 g/mol. The molecule has 0 radical (unpaired) electrons. The van der Waals surface area contributed by atoms with Gasteiger partial charge in [-0.05, 0) is 23.8 Å². The molecule has 0 aliphatic heterocycles. The molecular formula is C17H22N2O3. The molecule has 1 amide bonds. The normalized spacial score (nSPS) is 11.3. The van der Waals surface area contributed by atoms with E-state index in [1.165, 1.54) is 6.26 Å². The lowest BCUT2D eigenvalue weighted by Gasteiger charge is -2.25. The van der Waals surface area contributed by atoms with Crippen LogP contribution in [0.2, 0.25) is 0 Å². The Morgan fingerprint density at radius 2 is 2.00 bits per heavy atom. The van der Waals surface area contributed by atoms with E-state index in [-0.39, 0.29) is 17.9 Å². The van der Waals surface area contributed by atoms with Crippen molar-refractivity contribution in [1.29, 1.82) is 0 Å². The Labute approximate surface area is 130 Å². The minimum Gasteiger partial charge on any atom is -0.497 e. The summed E-state index contributed by atoms with van der Waals surface area (Å²) in [5, 5.41) is 2.93. The standard InChI is InChI=1S/C17H22N2O3/c1-17(2,13-4-6-14(21-3)7-5-13)11-19-16(20)12-8-15(9-18)22-10-12/h4-8,10H,9,11,18H2,1-3H3,(H,19,20). The largest absolute Gasteiger partial charge is 0.497 e. The quantitative estimate of drug-likeness (QED) is 0.859. The zero-order valence-electron chi connectivity index (χ0n) is 13.2. The first-order chi connectivity index (χ1) is 10.5. The summed E-state index contributed by atoms with van der Waals surface area (Å²) in [7, 11) is 1.64. The fraction of sp³-hybridized carbons (Fsp3) is 0.353. The number of nitrogens with two attached hydrogens (primary N) is 1. The van der Waals surface area contributed by atoms with Gasteiger partial charge < -0.3 is 20.2 Å². The van der Waals surface area contributed by atoms with Crippen LogP contribution in [-0.2, 0) is 12.0 Å². The van der Waals surface area contributed by atoms with Crippen LogP contribution in [0.3, 0.4) is 0 Å². The Kier molecular flexibility index (Phi) is 4.88. The minimum absolute atomic E-state index is 0.162. The Morgan fingerprint density at radius 1 is 1.32 bits per heavy atom. The zero-order valence-corrected chi connectivity index (χ0v) is 13.2. The molecule has 0 aliphatic carbocycles. The van der Waals surface area contributed by atoms with Gasteiger partial charge in [-0.25, -0.2) is 0 Å². The van der Waals surface area contributed by atoms with Crippen molar-refractivity contribution in [3.63, 3.8) is 0 Å². The molecule has 22 heavy (non-hydrogen) atoms. The number of ether oxygens (including phenoxy) is 1. The maximum atomic E-state index is 12.1. The predicted molar refractivity (Wildman–Crippen MR) is 85.0 cm³/mol. The number of methoxy groups -OCH3 is 1. The number of nitrogens with one attached hydrogen (secondary N) is 1. The Hall–Kier alpha value is -2.27. The Balaban J connectivity index is 2.00. The highest BCUT2D eigenvalue weighted by atomic mass is 16.5. The van der Waals surface area contributed by atoms with Gasteiger partial charge in [0.2, 0.25) is 0 Å². The molecule has 118 valence electrons. The van der Waals surface area contributed by atoms with Crippen molar-refractivity contribution in [2.45, 2.75) is 25.8 Å². The third-order valence-corrected chi connectivity index (χ3v) is 3.68. The number of hydrogen-bond donors (Lipinski definition) is 2. The van der Waals surface area contributed by atoms with Crippen molar-refractivity contribution in [2.24, 2.45) is 5.73 Å². The zero-order chi connectivity index (χ0) is 16.2. The number of amides is 1. The van der Waals surface area contributed by atoms with Gasteiger partial charge in [0.05, 0.1) is 19.2 Å². The fourth-order valence-corrected chi connectivity index (χ4v) is 2.15. The smallest absolute Gasteiger partial charge is 0.254 e. The second-order valence-electron chi connectivity index (χ2n) is 5.80. The van der Waals surface area contributed by atoms with Gasteiger partial charge in [-0.1, -0.05) is 26.0 Å². The van der Waals surface area contributed by atoms with E-state index in [9.17, 15) is 4.79 Å². The predicted octanol–water partition coefficient (Wildman–Crippen LogP) is 2.45. The van der Waals surface area contributed by atoms with Crippen molar-refractivity contribution < 1.29 is 13.9 Å². The summed E-state index contributed by atoms with van der Waals surface area (Å²) in [6.45, 7) is 4.96. The first-order valence-electron chi connectivity index (χ1n) is 7.16. The number of furan rings is 1. The van der Waals surface area contributed by atoms with Crippen molar-refractivity contribution in [3.05, 3.63) is 53.5 Å². The Bertz CT molecular complexity index is 630. The monoisotopic (exact) mass is 302 g/mol. The molecule has 0 saturated carbocycles. The molecule has 0 atom stereocenters. The molecule has 0 unspecified atom stereocenters. The number of carbonyl (C=O) groups excluding carboxylic acids is 1. The fourth-order valence-electron chi connectivity index (χ4n) is 2.15. The van der Waals surface area contributed by atoms with E-state index in [4.69, 9.17) is 14.9 Å². The van der Waals surface area contributed by atoms with Gasteiger partial charge >= 0.3 is 0 Å². The van der Waals surface area contributed by atoms with Gasteiger partial charge in [0, 0.05) is 12.0 Å². The molecule has 5 nitrogen and oxygen atoms in total. The third-order valence-electron chi connectivity index (χ3n) is 3.68. The molecule has 0 saturated heterocycles. The van der Waals surface area contributed by atoms with E-state index >= 15 is 0 Å². The highest BCUT2D eigenvalue weighted by Gasteiger charge is 2.22. The molecule has 3 N–H and O–H groups in total. The summed E-state index contributed by atoms with van der Waals surface area (Å²) in [6, 6.07) is 9.52. The second kappa shape index (κ2) is 6.66. The first kappa shape index (κ1) is 16.1. The van der Waals surface area contributed by atoms with Crippen LogP contribution in [0.1, 0.15) is 35.5 Å².